The van der Waals surface area contributed by atoms with Crippen LogP contribution in [0.5, 0.6) is 0 Å². The average Bonchev–Trinajstić information content (AvgIpc) is 3.02. The zero-order valence-corrected chi connectivity index (χ0v) is 15.2. The summed E-state index contributed by atoms with van der Waals surface area (Å²) in [6, 6.07) is 10.9. The van der Waals surface area contributed by atoms with Gasteiger partial charge in [0.1, 0.15) is 5.82 Å². The minimum absolute atomic E-state index is 0.147. The molecule has 134 valence electrons. The van der Waals surface area contributed by atoms with Gasteiger partial charge in [-0.05, 0) is 37.3 Å². The van der Waals surface area contributed by atoms with E-state index in [1.54, 1.807) is 12.3 Å². The molecule has 0 radical (unpaired) electrons. The number of benzene rings is 2. The number of carbonyl (C=O) groups excluding carboxylic acids is 1. The molecule has 0 saturated carbocycles. The van der Waals surface area contributed by atoms with Gasteiger partial charge in [-0.1, -0.05) is 18.2 Å². The summed E-state index contributed by atoms with van der Waals surface area (Å²) < 4.78 is 40.8. The van der Waals surface area contributed by atoms with Crippen molar-refractivity contribution >= 4 is 38.1 Å². The number of para-hydroxylation sites is 1. The Kier molecular flexibility index (Phi) is 5.01. The van der Waals surface area contributed by atoms with Gasteiger partial charge in [-0.3, -0.25) is 14.8 Å². The maximum absolute atomic E-state index is 13.7. The Morgan fingerprint density at radius 3 is 2.62 bits per heavy atom. The van der Waals surface area contributed by atoms with Gasteiger partial charge >= 0.3 is 0 Å². The largest absolute Gasteiger partial charge is 0.298 e. The second-order valence-corrected chi connectivity index (χ2v) is 7.90. The van der Waals surface area contributed by atoms with Gasteiger partial charge in [-0.2, -0.15) is 0 Å². The van der Waals surface area contributed by atoms with Gasteiger partial charge in [0.2, 0.25) is 0 Å². The normalized spacial score (nSPS) is 11.2. The number of aromatic nitrogens is 1. The molecule has 0 aliphatic carbocycles. The first-order chi connectivity index (χ1) is 12.3. The molecule has 3 aromatic rings. The lowest BCUT2D eigenvalue weighted by Crippen LogP contribution is -2.16. The number of nitrogens with one attached hydrogen (secondary N) is 2. The molecular formula is C17H14FN3O3S2. The number of aryl methyl sites for hydroxylation is 1. The predicted molar refractivity (Wildman–Crippen MR) is 98.5 cm³/mol. The molecule has 1 aromatic heterocycles. The quantitative estimate of drug-likeness (QED) is 0.695. The van der Waals surface area contributed by atoms with Gasteiger partial charge in [-0.15, -0.1) is 11.3 Å². The van der Waals surface area contributed by atoms with Gasteiger partial charge in [0.05, 0.1) is 16.3 Å². The van der Waals surface area contributed by atoms with Crippen molar-refractivity contribution in [1.29, 1.82) is 0 Å². The zero-order chi connectivity index (χ0) is 18.7. The Balaban J connectivity index is 1.84. The van der Waals surface area contributed by atoms with Crippen molar-refractivity contribution in [2.75, 3.05) is 10.0 Å². The molecule has 0 spiro atoms. The molecule has 0 unspecified atom stereocenters. The predicted octanol–water partition coefficient (Wildman–Crippen LogP) is 3.64. The van der Waals surface area contributed by atoms with Gasteiger partial charge in [0.25, 0.3) is 15.9 Å². The third-order valence-corrected chi connectivity index (χ3v) is 5.60. The molecule has 0 bridgehead atoms. The second-order valence-electron chi connectivity index (χ2n) is 5.36. The van der Waals surface area contributed by atoms with Crippen molar-refractivity contribution in [3.05, 3.63) is 71.0 Å². The first-order valence-electron chi connectivity index (χ1n) is 7.46. The fraction of sp³-hybridized carbons (Fsp3) is 0.0588. The van der Waals surface area contributed by atoms with Crippen LogP contribution in [0.15, 0.2) is 58.8 Å². The Morgan fingerprint density at radius 2 is 1.92 bits per heavy atom. The molecule has 1 amide bonds. The van der Waals surface area contributed by atoms with Gasteiger partial charge in [0.15, 0.2) is 5.13 Å². The topological polar surface area (TPSA) is 88.2 Å². The molecule has 0 atom stereocenters. The summed E-state index contributed by atoms with van der Waals surface area (Å²) >= 11 is 1.27. The van der Waals surface area contributed by atoms with Crippen molar-refractivity contribution in [2.24, 2.45) is 0 Å². The SMILES string of the molecule is Cc1csc(NC(=O)c2cccc(S(=O)(=O)Nc3ccccc3F)c2)n1. The highest BCUT2D eigenvalue weighted by molar-refractivity contribution is 7.92. The molecule has 2 aromatic carbocycles. The first kappa shape index (κ1) is 18.0. The second kappa shape index (κ2) is 7.22. The molecule has 26 heavy (non-hydrogen) atoms. The number of thiazole rings is 1. The number of sulfonamides is 1. The third kappa shape index (κ3) is 4.06. The molecule has 2 N–H and O–H groups in total. The van der Waals surface area contributed by atoms with Crippen LogP contribution in [0.3, 0.4) is 0 Å². The van der Waals surface area contributed by atoms with Crippen molar-refractivity contribution in [1.82, 2.24) is 4.98 Å². The summed E-state index contributed by atoms with van der Waals surface area (Å²) in [5.74, 6) is -1.17. The molecule has 0 saturated heterocycles. The van der Waals surface area contributed by atoms with Crippen molar-refractivity contribution in [3.8, 4) is 0 Å². The fourth-order valence-electron chi connectivity index (χ4n) is 2.13. The summed E-state index contributed by atoms with van der Waals surface area (Å²) in [5, 5.41) is 4.82. The number of halogens is 1. The Bertz CT molecular complexity index is 1060. The lowest BCUT2D eigenvalue weighted by Gasteiger charge is -2.10. The van der Waals surface area contributed by atoms with Crippen LogP contribution in [0.4, 0.5) is 15.2 Å². The minimum Gasteiger partial charge on any atom is -0.298 e. The Morgan fingerprint density at radius 1 is 1.15 bits per heavy atom. The molecular weight excluding hydrogens is 377 g/mol. The van der Waals surface area contributed by atoms with Gasteiger partial charge in [0, 0.05) is 10.9 Å². The molecule has 0 aliphatic heterocycles. The summed E-state index contributed by atoms with van der Waals surface area (Å²) in [6.07, 6.45) is 0. The van der Waals surface area contributed by atoms with E-state index < -0.39 is 21.7 Å². The molecule has 0 aliphatic rings. The summed E-state index contributed by atoms with van der Waals surface area (Å²) in [5.41, 5.74) is 0.755. The number of hydrogen-bond donors (Lipinski definition) is 2. The van der Waals surface area contributed by atoms with E-state index >= 15 is 0 Å². The van der Waals surface area contributed by atoms with E-state index in [0.29, 0.717) is 5.13 Å². The van der Waals surface area contributed by atoms with Crippen LogP contribution in [-0.4, -0.2) is 19.3 Å². The average molecular weight is 391 g/mol. The number of nitrogens with zero attached hydrogens (tertiary/aromatic N) is 1. The maximum Gasteiger partial charge on any atom is 0.262 e. The number of amides is 1. The summed E-state index contributed by atoms with van der Waals surface area (Å²) in [6.45, 7) is 1.80. The highest BCUT2D eigenvalue weighted by atomic mass is 32.2. The number of rotatable bonds is 5. The summed E-state index contributed by atoms with van der Waals surface area (Å²) in [4.78, 5) is 16.3. The van der Waals surface area contributed by atoms with E-state index in [-0.39, 0.29) is 16.1 Å². The van der Waals surface area contributed by atoms with Crippen LogP contribution >= 0.6 is 11.3 Å². The van der Waals surface area contributed by atoms with E-state index in [1.165, 1.54) is 53.8 Å². The van der Waals surface area contributed by atoms with Crippen LogP contribution in [0.1, 0.15) is 16.1 Å². The molecule has 1 heterocycles. The standard InChI is InChI=1S/C17H14FN3O3S2/c1-11-10-25-17(19-11)20-16(22)12-5-4-6-13(9-12)26(23,24)21-15-8-3-2-7-14(15)18/h2-10,21H,1H3,(H,19,20,22). The van der Waals surface area contributed by atoms with Crippen LogP contribution in [-0.2, 0) is 10.0 Å². The summed E-state index contributed by atoms with van der Waals surface area (Å²) in [7, 11) is -4.04. The van der Waals surface area contributed by atoms with Gasteiger partial charge in [-0.25, -0.2) is 17.8 Å². The Hall–Kier alpha value is -2.78. The Labute approximate surface area is 153 Å². The molecule has 9 heteroatoms. The number of anilines is 2. The van der Waals surface area contributed by atoms with Crippen LogP contribution in [0.25, 0.3) is 0 Å². The van der Waals surface area contributed by atoms with Crippen LogP contribution in [0, 0.1) is 12.7 Å². The van der Waals surface area contributed by atoms with Crippen LogP contribution < -0.4 is 10.0 Å². The molecule has 6 nitrogen and oxygen atoms in total. The smallest absolute Gasteiger partial charge is 0.262 e. The van der Waals surface area contributed by atoms with E-state index in [9.17, 15) is 17.6 Å². The number of hydrogen-bond acceptors (Lipinski definition) is 5. The minimum atomic E-state index is -4.04. The molecule has 3 rings (SSSR count). The highest BCUT2D eigenvalue weighted by Crippen LogP contribution is 2.21. The lowest BCUT2D eigenvalue weighted by atomic mass is 10.2. The van der Waals surface area contributed by atoms with Crippen LogP contribution in [0.2, 0.25) is 0 Å². The fourth-order valence-corrected chi connectivity index (χ4v) is 3.93. The van der Waals surface area contributed by atoms with Gasteiger partial charge < -0.3 is 0 Å². The monoisotopic (exact) mass is 391 g/mol. The van der Waals surface area contributed by atoms with E-state index in [2.05, 4.69) is 15.0 Å². The van der Waals surface area contributed by atoms with Crippen molar-refractivity contribution in [3.63, 3.8) is 0 Å². The van der Waals surface area contributed by atoms with E-state index in [1.807, 2.05) is 0 Å². The van der Waals surface area contributed by atoms with Crippen molar-refractivity contribution < 1.29 is 17.6 Å². The third-order valence-electron chi connectivity index (χ3n) is 3.36. The highest BCUT2D eigenvalue weighted by Gasteiger charge is 2.18. The van der Waals surface area contributed by atoms with E-state index in [0.717, 1.165) is 11.8 Å². The maximum atomic E-state index is 13.7. The van der Waals surface area contributed by atoms with E-state index in [4.69, 9.17) is 0 Å². The zero-order valence-electron chi connectivity index (χ0n) is 13.6. The lowest BCUT2D eigenvalue weighted by molar-refractivity contribution is 0.102. The molecule has 0 fully saturated rings. The number of carbonyl (C=O) groups is 1. The van der Waals surface area contributed by atoms with Crippen molar-refractivity contribution in [2.45, 2.75) is 11.8 Å². The first-order valence-corrected chi connectivity index (χ1v) is 9.82.